The van der Waals surface area contributed by atoms with E-state index in [1.165, 1.54) is 31.4 Å². The summed E-state index contributed by atoms with van der Waals surface area (Å²) in [5, 5.41) is 0. The Kier molecular flexibility index (Phi) is 4.38. The van der Waals surface area contributed by atoms with Crippen LogP contribution in [0.4, 0.5) is 0 Å². The molecule has 5 heteroatoms. The van der Waals surface area contributed by atoms with Crippen LogP contribution in [0.15, 0.2) is 12.5 Å². The zero-order valence-electron chi connectivity index (χ0n) is 12.4. The van der Waals surface area contributed by atoms with Crippen molar-refractivity contribution in [3.05, 3.63) is 18.2 Å². The van der Waals surface area contributed by atoms with Crippen molar-refractivity contribution in [2.24, 2.45) is 11.7 Å². The smallest absolute Gasteiger partial charge is 0.0951 e. The van der Waals surface area contributed by atoms with E-state index in [1.807, 2.05) is 12.5 Å². The van der Waals surface area contributed by atoms with Gasteiger partial charge in [-0.05, 0) is 44.7 Å². The van der Waals surface area contributed by atoms with Crippen LogP contribution in [-0.2, 0) is 4.74 Å². The molecule has 1 saturated carbocycles. The van der Waals surface area contributed by atoms with Crippen molar-refractivity contribution in [3.63, 3.8) is 0 Å². The molecule has 2 aliphatic rings. The molecule has 3 rings (SSSR count). The van der Waals surface area contributed by atoms with Crippen LogP contribution in [0.25, 0.3) is 0 Å². The lowest BCUT2D eigenvalue weighted by atomic mass is 9.96. The molecule has 112 valence electrons. The number of piperidine rings is 1. The Morgan fingerprint density at radius 1 is 1.35 bits per heavy atom. The second-order valence-electron chi connectivity index (χ2n) is 6.14. The second-order valence-corrected chi connectivity index (χ2v) is 6.14. The fourth-order valence-electron chi connectivity index (χ4n) is 3.35. The van der Waals surface area contributed by atoms with Crippen LogP contribution < -0.4 is 5.73 Å². The van der Waals surface area contributed by atoms with Crippen molar-refractivity contribution < 1.29 is 4.74 Å². The normalized spacial score (nSPS) is 23.1. The van der Waals surface area contributed by atoms with Crippen LogP contribution in [0.5, 0.6) is 0 Å². The SMILES string of the molecule is COCC1CCN(C(CN)c2cncn2C2CC2)CC1. The zero-order chi connectivity index (χ0) is 13.9. The highest BCUT2D eigenvalue weighted by molar-refractivity contribution is 5.10. The van der Waals surface area contributed by atoms with Gasteiger partial charge >= 0.3 is 0 Å². The van der Waals surface area contributed by atoms with E-state index in [4.69, 9.17) is 10.5 Å². The van der Waals surface area contributed by atoms with E-state index >= 15 is 0 Å². The van der Waals surface area contributed by atoms with Crippen LogP contribution in [-0.4, -0.2) is 47.8 Å². The summed E-state index contributed by atoms with van der Waals surface area (Å²) < 4.78 is 7.62. The molecule has 0 radical (unpaired) electrons. The maximum atomic E-state index is 6.07. The predicted molar refractivity (Wildman–Crippen MR) is 78.5 cm³/mol. The van der Waals surface area contributed by atoms with Gasteiger partial charge in [0.05, 0.1) is 18.1 Å². The summed E-state index contributed by atoms with van der Waals surface area (Å²) in [5.41, 5.74) is 7.38. The summed E-state index contributed by atoms with van der Waals surface area (Å²) in [6.45, 7) is 3.80. The number of methoxy groups -OCH3 is 1. The Morgan fingerprint density at radius 2 is 2.10 bits per heavy atom. The first-order valence-corrected chi connectivity index (χ1v) is 7.78. The van der Waals surface area contributed by atoms with Gasteiger partial charge < -0.3 is 15.0 Å². The van der Waals surface area contributed by atoms with Crippen molar-refractivity contribution >= 4 is 0 Å². The average molecular weight is 278 g/mol. The fraction of sp³-hybridized carbons (Fsp3) is 0.800. The third kappa shape index (κ3) is 2.90. The van der Waals surface area contributed by atoms with Crippen LogP contribution in [0.3, 0.4) is 0 Å². The van der Waals surface area contributed by atoms with E-state index in [0.717, 1.165) is 19.7 Å². The quantitative estimate of drug-likeness (QED) is 0.858. The van der Waals surface area contributed by atoms with E-state index < -0.39 is 0 Å². The maximum absolute atomic E-state index is 6.07. The van der Waals surface area contributed by atoms with Gasteiger partial charge in [0.2, 0.25) is 0 Å². The number of imidazole rings is 1. The lowest BCUT2D eigenvalue weighted by molar-refractivity contribution is 0.0792. The fourth-order valence-corrected chi connectivity index (χ4v) is 3.35. The molecule has 0 aromatic carbocycles. The highest BCUT2D eigenvalue weighted by Gasteiger charge is 2.31. The molecule has 2 heterocycles. The Morgan fingerprint density at radius 3 is 2.70 bits per heavy atom. The molecule has 0 amide bonds. The van der Waals surface area contributed by atoms with Crippen molar-refractivity contribution in [2.75, 3.05) is 33.4 Å². The van der Waals surface area contributed by atoms with Crippen LogP contribution >= 0.6 is 0 Å². The number of aromatic nitrogens is 2. The van der Waals surface area contributed by atoms with Crippen molar-refractivity contribution in [1.82, 2.24) is 14.5 Å². The lowest BCUT2D eigenvalue weighted by Gasteiger charge is -2.37. The number of rotatable bonds is 6. The molecule has 0 bridgehead atoms. The second kappa shape index (κ2) is 6.24. The van der Waals surface area contributed by atoms with Crippen LogP contribution in [0.1, 0.15) is 43.5 Å². The molecule has 1 saturated heterocycles. The van der Waals surface area contributed by atoms with E-state index in [0.29, 0.717) is 24.5 Å². The molecule has 1 unspecified atom stereocenters. The van der Waals surface area contributed by atoms with Crippen molar-refractivity contribution in [2.45, 2.75) is 37.8 Å². The molecule has 1 aromatic heterocycles. The van der Waals surface area contributed by atoms with Gasteiger partial charge in [-0.15, -0.1) is 0 Å². The maximum Gasteiger partial charge on any atom is 0.0951 e. The summed E-state index contributed by atoms with van der Waals surface area (Å²) in [5.74, 6) is 0.711. The van der Waals surface area contributed by atoms with Gasteiger partial charge in [0.1, 0.15) is 0 Å². The van der Waals surface area contributed by atoms with Gasteiger partial charge in [-0.3, -0.25) is 4.90 Å². The number of ether oxygens (including phenoxy) is 1. The minimum Gasteiger partial charge on any atom is -0.384 e. The van der Waals surface area contributed by atoms with Gasteiger partial charge in [-0.25, -0.2) is 4.98 Å². The first-order valence-electron chi connectivity index (χ1n) is 7.78. The van der Waals surface area contributed by atoms with Gasteiger partial charge in [0.25, 0.3) is 0 Å². The summed E-state index contributed by atoms with van der Waals surface area (Å²) in [4.78, 5) is 6.88. The topological polar surface area (TPSA) is 56.3 Å². The minimum atomic E-state index is 0.321. The van der Waals surface area contributed by atoms with E-state index in [-0.39, 0.29) is 0 Å². The van der Waals surface area contributed by atoms with Gasteiger partial charge in [0.15, 0.2) is 0 Å². The Balaban J connectivity index is 1.66. The molecule has 1 aliphatic heterocycles. The third-order valence-electron chi connectivity index (χ3n) is 4.69. The molecular formula is C15H26N4O. The number of nitrogens with zero attached hydrogens (tertiary/aromatic N) is 3. The standard InChI is InChI=1S/C15H26N4O/c1-20-10-12-4-6-18(7-5-12)14(8-16)15-9-17-11-19(15)13-2-3-13/h9,11-14H,2-8,10,16H2,1H3. The summed E-state index contributed by atoms with van der Waals surface area (Å²) in [7, 11) is 1.79. The average Bonchev–Trinajstić information content (AvgIpc) is 3.21. The number of likely N-dealkylation sites (tertiary alicyclic amines) is 1. The van der Waals surface area contributed by atoms with Gasteiger partial charge in [-0.2, -0.15) is 0 Å². The molecule has 1 aliphatic carbocycles. The van der Waals surface area contributed by atoms with Crippen LogP contribution in [0, 0.1) is 5.92 Å². The minimum absolute atomic E-state index is 0.321. The molecule has 1 atom stereocenters. The molecule has 20 heavy (non-hydrogen) atoms. The molecule has 1 aromatic rings. The molecular weight excluding hydrogens is 252 g/mol. The highest BCUT2D eigenvalue weighted by atomic mass is 16.5. The molecule has 0 spiro atoms. The number of nitrogens with two attached hydrogens (primary N) is 1. The Labute approximate surface area is 121 Å². The highest BCUT2D eigenvalue weighted by Crippen LogP contribution is 2.38. The van der Waals surface area contributed by atoms with E-state index in [9.17, 15) is 0 Å². The Bertz CT molecular complexity index is 421. The van der Waals surface area contributed by atoms with Crippen molar-refractivity contribution in [1.29, 1.82) is 0 Å². The van der Waals surface area contributed by atoms with Gasteiger partial charge in [0, 0.05) is 32.5 Å². The summed E-state index contributed by atoms with van der Waals surface area (Å²) in [6.07, 6.45) is 8.99. The molecule has 5 nitrogen and oxygen atoms in total. The first-order chi connectivity index (χ1) is 9.83. The van der Waals surface area contributed by atoms with Gasteiger partial charge in [-0.1, -0.05) is 0 Å². The number of hydrogen-bond acceptors (Lipinski definition) is 4. The molecule has 2 fully saturated rings. The lowest BCUT2D eigenvalue weighted by Crippen LogP contribution is -2.41. The monoisotopic (exact) mass is 278 g/mol. The zero-order valence-corrected chi connectivity index (χ0v) is 12.4. The van der Waals surface area contributed by atoms with Crippen molar-refractivity contribution in [3.8, 4) is 0 Å². The number of hydrogen-bond donors (Lipinski definition) is 1. The predicted octanol–water partition coefficient (Wildman–Crippen LogP) is 1.58. The molecule has 2 N–H and O–H groups in total. The summed E-state index contributed by atoms with van der Waals surface area (Å²) in [6, 6.07) is 0.995. The van der Waals surface area contributed by atoms with Crippen LogP contribution in [0.2, 0.25) is 0 Å². The first kappa shape index (κ1) is 14.0. The van der Waals surface area contributed by atoms with E-state index in [2.05, 4.69) is 14.5 Å². The Hall–Kier alpha value is -0.910. The third-order valence-corrected chi connectivity index (χ3v) is 4.69. The summed E-state index contributed by atoms with van der Waals surface area (Å²) >= 11 is 0. The van der Waals surface area contributed by atoms with E-state index in [1.54, 1.807) is 7.11 Å². The largest absolute Gasteiger partial charge is 0.384 e.